The summed E-state index contributed by atoms with van der Waals surface area (Å²) in [5.41, 5.74) is 7.86. The van der Waals surface area contributed by atoms with Crippen molar-refractivity contribution in [3.05, 3.63) is 65.0 Å². The van der Waals surface area contributed by atoms with Crippen molar-refractivity contribution < 1.29 is 14.6 Å². The van der Waals surface area contributed by atoms with Crippen LogP contribution in [-0.4, -0.2) is 11.7 Å². The van der Waals surface area contributed by atoms with Gasteiger partial charge in [-0.25, -0.2) is 0 Å². The van der Waals surface area contributed by atoms with E-state index in [4.69, 9.17) is 15.2 Å². The predicted molar refractivity (Wildman–Crippen MR) is 94.2 cm³/mol. The van der Waals surface area contributed by atoms with Crippen molar-refractivity contribution in [3.8, 4) is 23.3 Å². The van der Waals surface area contributed by atoms with Crippen molar-refractivity contribution in [2.45, 2.75) is 25.7 Å². The van der Waals surface area contributed by atoms with Gasteiger partial charge in [-0.1, -0.05) is 25.5 Å². The third kappa shape index (κ3) is 3.38. The fourth-order valence-electron chi connectivity index (χ4n) is 2.88. The van der Waals surface area contributed by atoms with Gasteiger partial charge in [0.1, 0.15) is 28.9 Å². The predicted octanol–water partition coefficient (Wildman–Crippen LogP) is 3.79. The second-order valence-corrected chi connectivity index (χ2v) is 5.92. The summed E-state index contributed by atoms with van der Waals surface area (Å²) in [4.78, 5) is 0. The summed E-state index contributed by atoms with van der Waals surface area (Å²) in [7, 11) is 0. The number of nitrogens with two attached hydrogens (primary N) is 1. The van der Waals surface area contributed by atoms with E-state index in [9.17, 15) is 10.4 Å². The number of phenols is 1. The van der Waals surface area contributed by atoms with Crippen molar-refractivity contribution >= 4 is 0 Å². The molecule has 1 atom stereocenters. The lowest BCUT2D eigenvalue weighted by Crippen LogP contribution is -2.20. The molecule has 3 N–H and O–H groups in total. The Morgan fingerprint density at radius 1 is 1.24 bits per heavy atom. The molecule has 0 amide bonds. The number of unbranched alkanes of at least 4 members (excludes halogenated alkanes) is 1. The second kappa shape index (κ2) is 7.18. The summed E-state index contributed by atoms with van der Waals surface area (Å²) < 4.78 is 11.2. The summed E-state index contributed by atoms with van der Waals surface area (Å²) in [6, 6.07) is 14.5. The molecular weight excluding hydrogens is 316 g/mol. The van der Waals surface area contributed by atoms with E-state index >= 15 is 0 Å². The van der Waals surface area contributed by atoms with Crippen LogP contribution in [0.3, 0.4) is 0 Å². The van der Waals surface area contributed by atoms with Gasteiger partial charge in [-0.2, -0.15) is 5.26 Å². The molecule has 128 valence electrons. The molecule has 0 saturated carbocycles. The average Bonchev–Trinajstić information content (AvgIpc) is 2.62. The van der Waals surface area contributed by atoms with Gasteiger partial charge >= 0.3 is 0 Å². The van der Waals surface area contributed by atoms with Crippen molar-refractivity contribution in [2.75, 3.05) is 6.61 Å². The van der Waals surface area contributed by atoms with Crippen LogP contribution in [0.15, 0.2) is 53.9 Å². The zero-order valence-corrected chi connectivity index (χ0v) is 14.0. The van der Waals surface area contributed by atoms with E-state index in [1.807, 2.05) is 24.3 Å². The summed E-state index contributed by atoms with van der Waals surface area (Å²) in [6.45, 7) is 2.80. The molecule has 1 aliphatic heterocycles. The van der Waals surface area contributed by atoms with Crippen LogP contribution >= 0.6 is 0 Å². The topological polar surface area (TPSA) is 88.5 Å². The van der Waals surface area contributed by atoms with E-state index in [1.54, 1.807) is 12.1 Å². The highest BCUT2D eigenvalue weighted by Gasteiger charge is 2.30. The third-order valence-corrected chi connectivity index (χ3v) is 4.18. The zero-order chi connectivity index (χ0) is 17.8. The number of aromatic hydroxyl groups is 1. The van der Waals surface area contributed by atoms with Crippen LogP contribution in [0.2, 0.25) is 0 Å². The maximum absolute atomic E-state index is 9.84. The van der Waals surface area contributed by atoms with Gasteiger partial charge < -0.3 is 20.3 Å². The van der Waals surface area contributed by atoms with Crippen LogP contribution in [0.25, 0.3) is 0 Å². The minimum Gasteiger partial charge on any atom is -0.508 e. The first kappa shape index (κ1) is 16.7. The standard InChI is InChI=1S/C20H20N2O3/c1-2-3-10-24-15-7-4-13(5-8-15)19-16-11-14(23)6-9-18(16)25-20(22)17(19)12-21/h4-9,11,19,23H,2-3,10,22H2,1H3/t19-/m0/s1. The van der Waals surface area contributed by atoms with Crippen molar-refractivity contribution in [3.63, 3.8) is 0 Å². The van der Waals surface area contributed by atoms with Crippen LogP contribution in [0.4, 0.5) is 0 Å². The normalized spacial score (nSPS) is 15.9. The summed E-state index contributed by atoms with van der Waals surface area (Å²) >= 11 is 0. The Balaban J connectivity index is 1.97. The van der Waals surface area contributed by atoms with E-state index in [0.29, 0.717) is 23.5 Å². The molecule has 0 bridgehead atoms. The van der Waals surface area contributed by atoms with Crippen molar-refractivity contribution in [2.24, 2.45) is 5.73 Å². The zero-order valence-electron chi connectivity index (χ0n) is 14.0. The van der Waals surface area contributed by atoms with Gasteiger partial charge in [-0.05, 0) is 42.3 Å². The fourth-order valence-corrected chi connectivity index (χ4v) is 2.88. The first-order valence-electron chi connectivity index (χ1n) is 8.27. The molecule has 0 saturated heterocycles. The lowest BCUT2D eigenvalue weighted by Gasteiger charge is -2.26. The van der Waals surface area contributed by atoms with E-state index < -0.39 is 0 Å². The van der Waals surface area contributed by atoms with Crippen LogP contribution in [0.1, 0.15) is 36.8 Å². The molecule has 0 fully saturated rings. The molecule has 25 heavy (non-hydrogen) atoms. The molecule has 0 aliphatic carbocycles. The molecule has 1 heterocycles. The molecule has 5 heteroatoms. The second-order valence-electron chi connectivity index (χ2n) is 5.92. The Morgan fingerprint density at radius 3 is 2.68 bits per heavy atom. The van der Waals surface area contributed by atoms with Crippen LogP contribution in [0.5, 0.6) is 17.2 Å². The van der Waals surface area contributed by atoms with Gasteiger partial charge in [0.25, 0.3) is 0 Å². The van der Waals surface area contributed by atoms with Gasteiger partial charge in [0, 0.05) is 5.56 Å². The number of benzene rings is 2. The molecule has 5 nitrogen and oxygen atoms in total. The molecule has 3 rings (SSSR count). The Morgan fingerprint density at radius 2 is 2.00 bits per heavy atom. The quantitative estimate of drug-likeness (QED) is 0.811. The Labute approximate surface area is 146 Å². The number of allylic oxidation sites excluding steroid dienone is 1. The Bertz CT molecular complexity index is 835. The first-order chi connectivity index (χ1) is 12.1. The molecule has 0 radical (unpaired) electrons. The summed E-state index contributed by atoms with van der Waals surface area (Å²) in [6.07, 6.45) is 2.09. The largest absolute Gasteiger partial charge is 0.508 e. The minimum absolute atomic E-state index is 0.0916. The van der Waals surface area contributed by atoms with E-state index in [-0.39, 0.29) is 17.6 Å². The van der Waals surface area contributed by atoms with E-state index in [0.717, 1.165) is 24.2 Å². The highest BCUT2D eigenvalue weighted by atomic mass is 16.5. The number of rotatable bonds is 5. The Kier molecular flexibility index (Phi) is 4.80. The Hall–Kier alpha value is -3.13. The van der Waals surface area contributed by atoms with Gasteiger partial charge in [0.05, 0.1) is 12.5 Å². The minimum atomic E-state index is -0.384. The van der Waals surface area contributed by atoms with Gasteiger partial charge in [-0.15, -0.1) is 0 Å². The number of hydrogen-bond donors (Lipinski definition) is 2. The number of ether oxygens (including phenoxy) is 2. The average molecular weight is 336 g/mol. The maximum Gasteiger partial charge on any atom is 0.205 e. The number of hydrogen-bond acceptors (Lipinski definition) is 5. The lowest BCUT2D eigenvalue weighted by atomic mass is 9.83. The summed E-state index contributed by atoms with van der Waals surface area (Å²) in [5, 5.41) is 19.4. The molecule has 1 aliphatic rings. The molecule has 0 aromatic heterocycles. The maximum atomic E-state index is 9.84. The van der Waals surface area contributed by atoms with E-state index in [2.05, 4.69) is 13.0 Å². The van der Waals surface area contributed by atoms with Crippen molar-refractivity contribution in [1.29, 1.82) is 5.26 Å². The number of nitrogens with zero attached hydrogens (tertiary/aromatic N) is 1. The van der Waals surface area contributed by atoms with Crippen LogP contribution in [0, 0.1) is 11.3 Å². The molecule has 2 aromatic carbocycles. The third-order valence-electron chi connectivity index (χ3n) is 4.18. The molecule has 0 spiro atoms. The first-order valence-corrected chi connectivity index (χ1v) is 8.27. The number of nitriles is 1. The fraction of sp³-hybridized carbons (Fsp3) is 0.250. The highest BCUT2D eigenvalue weighted by molar-refractivity contribution is 5.57. The smallest absolute Gasteiger partial charge is 0.205 e. The van der Waals surface area contributed by atoms with Gasteiger partial charge in [0.15, 0.2) is 0 Å². The SMILES string of the molecule is CCCCOc1ccc([C@@H]2C(C#N)=C(N)Oc3ccc(O)cc32)cc1. The highest BCUT2D eigenvalue weighted by Crippen LogP contribution is 2.43. The molecule has 2 aromatic rings. The molecular formula is C20H20N2O3. The van der Waals surface area contributed by atoms with Crippen molar-refractivity contribution in [1.82, 2.24) is 0 Å². The monoisotopic (exact) mass is 336 g/mol. The van der Waals surface area contributed by atoms with Gasteiger partial charge in [-0.3, -0.25) is 0 Å². The lowest BCUT2D eigenvalue weighted by molar-refractivity contribution is 0.309. The molecule has 0 unspecified atom stereocenters. The van der Waals surface area contributed by atoms with E-state index in [1.165, 1.54) is 6.07 Å². The number of fused-ring (bicyclic) bond motifs is 1. The van der Waals surface area contributed by atoms with Gasteiger partial charge in [0.2, 0.25) is 5.88 Å². The number of phenolic OH excluding ortho intramolecular Hbond substituents is 1. The van der Waals surface area contributed by atoms with Crippen LogP contribution in [-0.2, 0) is 0 Å². The summed E-state index contributed by atoms with van der Waals surface area (Å²) in [5.74, 6) is 1.16. The van der Waals surface area contributed by atoms with Crippen LogP contribution < -0.4 is 15.2 Å².